The molecule has 0 bridgehead atoms. The maximum atomic E-state index is 12.0. The molecule has 1 amide bonds. The summed E-state index contributed by atoms with van der Waals surface area (Å²) in [4.78, 5) is 23.4. The second-order valence-corrected chi connectivity index (χ2v) is 4.77. The van der Waals surface area contributed by atoms with Crippen LogP contribution in [-0.2, 0) is 9.53 Å². The minimum absolute atomic E-state index is 0.0199. The molecule has 1 saturated heterocycles. The maximum absolute atomic E-state index is 12.0. The highest BCUT2D eigenvalue weighted by Crippen LogP contribution is 2.19. The molecular formula is C14H18N2O3. The van der Waals surface area contributed by atoms with Crippen LogP contribution in [0.2, 0.25) is 0 Å². The zero-order valence-corrected chi connectivity index (χ0v) is 11.1. The van der Waals surface area contributed by atoms with E-state index in [0.717, 1.165) is 13.1 Å². The average molecular weight is 262 g/mol. The molecule has 2 N–H and O–H groups in total. The molecule has 1 atom stereocenters. The number of carbonyl (C=O) groups is 2. The number of hydrogen-bond donors (Lipinski definition) is 2. The normalized spacial score (nSPS) is 16.3. The van der Waals surface area contributed by atoms with Crippen molar-refractivity contribution in [3.05, 3.63) is 29.8 Å². The molecule has 1 fully saturated rings. The lowest BCUT2D eigenvalue weighted by molar-refractivity contribution is -0.121. The monoisotopic (exact) mass is 262 g/mol. The molecule has 1 aromatic rings. The molecule has 0 spiro atoms. The molecular weight excluding hydrogens is 244 g/mol. The third kappa shape index (κ3) is 3.12. The van der Waals surface area contributed by atoms with E-state index in [1.165, 1.54) is 7.11 Å². The van der Waals surface area contributed by atoms with Gasteiger partial charge in [-0.1, -0.05) is 13.0 Å². The third-order valence-corrected chi connectivity index (χ3v) is 3.48. The van der Waals surface area contributed by atoms with Gasteiger partial charge in [-0.25, -0.2) is 4.79 Å². The molecule has 1 unspecified atom stereocenters. The van der Waals surface area contributed by atoms with E-state index in [-0.39, 0.29) is 11.8 Å². The van der Waals surface area contributed by atoms with Gasteiger partial charge in [0.1, 0.15) is 0 Å². The Kier molecular flexibility index (Phi) is 4.16. The first-order valence-electron chi connectivity index (χ1n) is 6.31. The summed E-state index contributed by atoms with van der Waals surface area (Å²) < 4.78 is 4.65. The van der Waals surface area contributed by atoms with Crippen molar-refractivity contribution in [2.24, 2.45) is 11.8 Å². The van der Waals surface area contributed by atoms with Gasteiger partial charge in [0, 0.05) is 11.6 Å². The molecule has 1 aliphatic heterocycles. The number of rotatable bonds is 4. The third-order valence-electron chi connectivity index (χ3n) is 3.48. The summed E-state index contributed by atoms with van der Waals surface area (Å²) in [5.41, 5.74) is 1.05. The summed E-state index contributed by atoms with van der Waals surface area (Å²) in [6.45, 7) is 3.69. The number of esters is 1. The van der Waals surface area contributed by atoms with Crippen LogP contribution in [0.25, 0.3) is 0 Å². The zero-order chi connectivity index (χ0) is 13.8. The average Bonchev–Trinajstić information content (AvgIpc) is 2.36. The van der Waals surface area contributed by atoms with E-state index in [9.17, 15) is 9.59 Å². The highest BCUT2D eigenvalue weighted by atomic mass is 16.5. The van der Waals surface area contributed by atoms with E-state index in [0.29, 0.717) is 17.2 Å². The molecule has 19 heavy (non-hydrogen) atoms. The van der Waals surface area contributed by atoms with E-state index < -0.39 is 5.97 Å². The number of anilines is 1. The minimum atomic E-state index is -0.410. The quantitative estimate of drug-likeness (QED) is 0.802. The van der Waals surface area contributed by atoms with Crippen LogP contribution in [0.1, 0.15) is 17.3 Å². The molecule has 5 heteroatoms. The first-order valence-corrected chi connectivity index (χ1v) is 6.31. The molecule has 5 nitrogen and oxygen atoms in total. The van der Waals surface area contributed by atoms with Gasteiger partial charge in [-0.2, -0.15) is 0 Å². The SMILES string of the molecule is COC(=O)c1cccc(NC(=O)C(C)C2CNC2)c1. The summed E-state index contributed by atoms with van der Waals surface area (Å²) in [6.07, 6.45) is 0. The van der Waals surface area contributed by atoms with Gasteiger partial charge in [0.15, 0.2) is 0 Å². The van der Waals surface area contributed by atoms with Crippen LogP contribution >= 0.6 is 0 Å². The molecule has 2 rings (SSSR count). The lowest BCUT2D eigenvalue weighted by Gasteiger charge is -2.31. The zero-order valence-electron chi connectivity index (χ0n) is 11.1. The van der Waals surface area contributed by atoms with Gasteiger partial charge in [-0.3, -0.25) is 4.79 Å². The Balaban J connectivity index is 2.02. The minimum Gasteiger partial charge on any atom is -0.465 e. The molecule has 0 aliphatic carbocycles. The first kappa shape index (κ1) is 13.5. The number of hydrogen-bond acceptors (Lipinski definition) is 4. The van der Waals surface area contributed by atoms with E-state index >= 15 is 0 Å². The van der Waals surface area contributed by atoms with Gasteiger partial charge in [-0.05, 0) is 37.2 Å². The predicted octanol–water partition coefficient (Wildman–Crippen LogP) is 1.27. The second kappa shape index (κ2) is 5.84. The summed E-state index contributed by atoms with van der Waals surface area (Å²) in [7, 11) is 1.33. The Hall–Kier alpha value is -1.88. The molecule has 0 radical (unpaired) electrons. The highest BCUT2D eigenvalue weighted by Gasteiger charge is 2.28. The lowest BCUT2D eigenvalue weighted by atomic mass is 9.88. The Morgan fingerprint density at radius 2 is 2.16 bits per heavy atom. The van der Waals surface area contributed by atoms with Crippen LogP contribution in [0.4, 0.5) is 5.69 Å². The number of carbonyl (C=O) groups excluding carboxylic acids is 2. The number of amides is 1. The van der Waals surface area contributed by atoms with Crippen molar-refractivity contribution in [1.29, 1.82) is 0 Å². The summed E-state index contributed by atoms with van der Waals surface area (Å²) >= 11 is 0. The van der Waals surface area contributed by atoms with E-state index in [1.807, 2.05) is 6.92 Å². The van der Waals surface area contributed by atoms with Crippen LogP contribution in [0.15, 0.2) is 24.3 Å². The predicted molar refractivity (Wildman–Crippen MR) is 71.9 cm³/mol. The highest BCUT2D eigenvalue weighted by molar-refractivity contribution is 5.95. The van der Waals surface area contributed by atoms with Crippen LogP contribution < -0.4 is 10.6 Å². The summed E-state index contributed by atoms with van der Waals surface area (Å²) in [6, 6.07) is 6.75. The maximum Gasteiger partial charge on any atom is 0.337 e. The standard InChI is InChI=1S/C14H18N2O3/c1-9(11-7-15-8-11)13(17)16-12-5-3-4-10(6-12)14(18)19-2/h3-6,9,11,15H,7-8H2,1-2H3,(H,16,17). The molecule has 1 aromatic carbocycles. The molecule has 0 saturated carbocycles. The Morgan fingerprint density at radius 1 is 1.42 bits per heavy atom. The van der Waals surface area contributed by atoms with Crippen molar-refractivity contribution < 1.29 is 14.3 Å². The van der Waals surface area contributed by atoms with E-state index in [1.54, 1.807) is 24.3 Å². The summed E-state index contributed by atoms with van der Waals surface area (Å²) in [5.74, 6) is -0.0762. The fourth-order valence-electron chi connectivity index (χ4n) is 1.98. The van der Waals surface area contributed by atoms with Crippen molar-refractivity contribution in [2.45, 2.75) is 6.92 Å². The molecule has 1 aliphatic rings. The largest absolute Gasteiger partial charge is 0.465 e. The smallest absolute Gasteiger partial charge is 0.337 e. The Labute approximate surface area is 112 Å². The van der Waals surface area contributed by atoms with Gasteiger partial charge in [0.25, 0.3) is 0 Å². The van der Waals surface area contributed by atoms with Crippen molar-refractivity contribution >= 4 is 17.6 Å². The van der Waals surface area contributed by atoms with Crippen LogP contribution in [-0.4, -0.2) is 32.1 Å². The number of methoxy groups -OCH3 is 1. The van der Waals surface area contributed by atoms with Crippen LogP contribution in [0.5, 0.6) is 0 Å². The Morgan fingerprint density at radius 3 is 2.74 bits per heavy atom. The number of benzene rings is 1. The van der Waals surface area contributed by atoms with Crippen molar-refractivity contribution in [3.63, 3.8) is 0 Å². The van der Waals surface area contributed by atoms with Crippen molar-refractivity contribution in [3.8, 4) is 0 Å². The first-order chi connectivity index (χ1) is 9.11. The number of ether oxygens (including phenoxy) is 1. The number of nitrogens with one attached hydrogen (secondary N) is 2. The fraction of sp³-hybridized carbons (Fsp3) is 0.429. The fourth-order valence-corrected chi connectivity index (χ4v) is 1.98. The molecule has 102 valence electrons. The van der Waals surface area contributed by atoms with Crippen molar-refractivity contribution in [1.82, 2.24) is 5.32 Å². The second-order valence-electron chi connectivity index (χ2n) is 4.77. The van der Waals surface area contributed by atoms with E-state index in [2.05, 4.69) is 15.4 Å². The van der Waals surface area contributed by atoms with Crippen molar-refractivity contribution in [2.75, 3.05) is 25.5 Å². The van der Waals surface area contributed by atoms with Gasteiger partial charge in [0.2, 0.25) is 5.91 Å². The van der Waals surface area contributed by atoms with Gasteiger partial charge < -0.3 is 15.4 Å². The van der Waals surface area contributed by atoms with Crippen LogP contribution in [0, 0.1) is 11.8 Å². The summed E-state index contributed by atoms with van der Waals surface area (Å²) in [5, 5.41) is 5.99. The molecule has 1 heterocycles. The topological polar surface area (TPSA) is 67.4 Å². The Bertz CT molecular complexity index is 483. The van der Waals surface area contributed by atoms with Crippen LogP contribution in [0.3, 0.4) is 0 Å². The van der Waals surface area contributed by atoms with Gasteiger partial charge >= 0.3 is 5.97 Å². The lowest BCUT2D eigenvalue weighted by Crippen LogP contribution is -2.48. The van der Waals surface area contributed by atoms with E-state index in [4.69, 9.17) is 0 Å². The molecule has 0 aromatic heterocycles. The van der Waals surface area contributed by atoms with Gasteiger partial charge in [-0.15, -0.1) is 0 Å². The van der Waals surface area contributed by atoms with Gasteiger partial charge in [0.05, 0.1) is 12.7 Å².